The summed E-state index contributed by atoms with van der Waals surface area (Å²) >= 11 is 1.33. The SMILES string of the molecule is CC(=O)c1sc2ccn(C)c2c1O. The van der Waals surface area contributed by atoms with E-state index in [1.807, 2.05) is 23.9 Å². The molecule has 0 aliphatic heterocycles. The van der Waals surface area contributed by atoms with E-state index in [1.54, 1.807) is 0 Å². The fourth-order valence-electron chi connectivity index (χ4n) is 1.38. The summed E-state index contributed by atoms with van der Waals surface area (Å²) in [6.07, 6.45) is 1.87. The highest BCUT2D eigenvalue weighted by atomic mass is 32.1. The summed E-state index contributed by atoms with van der Waals surface area (Å²) in [5.41, 5.74) is 0.746. The van der Waals surface area contributed by atoms with Gasteiger partial charge in [-0.25, -0.2) is 0 Å². The molecule has 0 aliphatic carbocycles. The Morgan fingerprint density at radius 2 is 2.31 bits per heavy atom. The van der Waals surface area contributed by atoms with Crippen molar-refractivity contribution in [3.05, 3.63) is 17.1 Å². The summed E-state index contributed by atoms with van der Waals surface area (Å²) in [5, 5.41) is 9.70. The van der Waals surface area contributed by atoms with Crippen molar-refractivity contribution in [1.29, 1.82) is 0 Å². The van der Waals surface area contributed by atoms with E-state index in [9.17, 15) is 9.90 Å². The third-order valence-electron chi connectivity index (χ3n) is 2.01. The lowest BCUT2D eigenvalue weighted by Gasteiger charge is -1.94. The number of aromatic hydroxyl groups is 1. The third-order valence-corrected chi connectivity index (χ3v) is 3.24. The van der Waals surface area contributed by atoms with Crippen molar-refractivity contribution in [2.45, 2.75) is 6.92 Å². The largest absolute Gasteiger partial charge is 0.504 e. The zero-order chi connectivity index (χ0) is 9.59. The molecule has 0 radical (unpaired) electrons. The van der Waals surface area contributed by atoms with Gasteiger partial charge in [0.05, 0.1) is 4.70 Å². The van der Waals surface area contributed by atoms with E-state index in [4.69, 9.17) is 0 Å². The molecule has 2 aromatic heterocycles. The molecular weight excluding hydrogens is 186 g/mol. The molecule has 0 fully saturated rings. The van der Waals surface area contributed by atoms with Crippen LogP contribution in [0.5, 0.6) is 5.75 Å². The van der Waals surface area contributed by atoms with Gasteiger partial charge in [-0.2, -0.15) is 0 Å². The highest BCUT2D eigenvalue weighted by molar-refractivity contribution is 7.21. The molecule has 0 atom stereocenters. The summed E-state index contributed by atoms with van der Waals surface area (Å²) in [4.78, 5) is 11.5. The molecule has 13 heavy (non-hydrogen) atoms. The van der Waals surface area contributed by atoms with Crippen LogP contribution in [0.1, 0.15) is 16.6 Å². The predicted octanol–water partition coefficient (Wildman–Crippen LogP) is 2.15. The number of aryl methyl sites for hydroxylation is 1. The summed E-state index contributed by atoms with van der Waals surface area (Å²) in [7, 11) is 1.85. The first kappa shape index (κ1) is 8.31. The van der Waals surface area contributed by atoms with E-state index >= 15 is 0 Å². The molecule has 0 unspecified atom stereocenters. The number of aromatic nitrogens is 1. The topological polar surface area (TPSA) is 42.2 Å². The minimum atomic E-state index is -0.0845. The number of fused-ring (bicyclic) bond motifs is 1. The van der Waals surface area contributed by atoms with Crippen LogP contribution >= 0.6 is 11.3 Å². The van der Waals surface area contributed by atoms with Crippen LogP contribution in [0.25, 0.3) is 10.2 Å². The summed E-state index contributed by atoms with van der Waals surface area (Å²) in [5.74, 6) is 0.0266. The van der Waals surface area contributed by atoms with Gasteiger partial charge >= 0.3 is 0 Å². The number of nitrogens with zero attached hydrogens (tertiary/aromatic N) is 1. The first-order chi connectivity index (χ1) is 6.11. The van der Waals surface area contributed by atoms with Crippen molar-refractivity contribution in [2.24, 2.45) is 7.05 Å². The van der Waals surface area contributed by atoms with Gasteiger partial charge in [-0.1, -0.05) is 0 Å². The number of thiophene rings is 1. The van der Waals surface area contributed by atoms with Crippen molar-refractivity contribution < 1.29 is 9.90 Å². The van der Waals surface area contributed by atoms with E-state index in [-0.39, 0.29) is 11.5 Å². The van der Waals surface area contributed by atoms with Gasteiger partial charge in [0.25, 0.3) is 0 Å². The van der Waals surface area contributed by atoms with Crippen LogP contribution in [0, 0.1) is 0 Å². The Kier molecular flexibility index (Phi) is 1.66. The molecular formula is C9H9NO2S. The van der Waals surface area contributed by atoms with Gasteiger partial charge < -0.3 is 9.67 Å². The molecule has 2 aromatic rings. The molecule has 2 rings (SSSR count). The number of ketones is 1. The number of carbonyl (C=O) groups excluding carboxylic acids is 1. The Labute approximate surface area is 79.2 Å². The number of hydrogen-bond acceptors (Lipinski definition) is 3. The fourth-order valence-corrected chi connectivity index (χ4v) is 2.40. The van der Waals surface area contributed by atoms with Gasteiger partial charge in [-0.05, 0) is 6.07 Å². The Morgan fingerprint density at radius 1 is 1.62 bits per heavy atom. The summed E-state index contributed by atoms with van der Waals surface area (Å²) in [6, 6.07) is 1.90. The third kappa shape index (κ3) is 1.06. The molecule has 2 heterocycles. The smallest absolute Gasteiger partial charge is 0.173 e. The molecule has 0 aromatic carbocycles. The molecule has 0 amide bonds. The molecule has 4 heteroatoms. The molecule has 0 saturated heterocycles. The van der Waals surface area contributed by atoms with E-state index in [2.05, 4.69) is 0 Å². The zero-order valence-electron chi connectivity index (χ0n) is 7.37. The van der Waals surface area contributed by atoms with Crippen LogP contribution in [0.3, 0.4) is 0 Å². The van der Waals surface area contributed by atoms with E-state index < -0.39 is 0 Å². The average molecular weight is 195 g/mol. The second kappa shape index (κ2) is 2.60. The van der Waals surface area contributed by atoms with Crippen molar-refractivity contribution >= 4 is 27.3 Å². The highest BCUT2D eigenvalue weighted by Gasteiger charge is 2.16. The quantitative estimate of drug-likeness (QED) is 0.708. The van der Waals surface area contributed by atoms with Crippen LogP contribution in [0.2, 0.25) is 0 Å². The Morgan fingerprint density at radius 3 is 2.85 bits per heavy atom. The maximum absolute atomic E-state index is 11.1. The fraction of sp³-hybridized carbons (Fsp3) is 0.222. The van der Waals surface area contributed by atoms with Crippen molar-refractivity contribution in [3.63, 3.8) is 0 Å². The molecule has 0 saturated carbocycles. The summed E-state index contributed by atoms with van der Waals surface area (Å²) in [6.45, 7) is 1.46. The summed E-state index contributed by atoms with van der Waals surface area (Å²) < 4.78 is 2.76. The zero-order valence-corrected chi connectivity index (χ0v) is 8.18. The van der Waals surface area contributed by atoms with E-state index in [0.717, 1.165) is 10.2 Å². The van der Waals surface area contributed by atoms with Crippen LogP contribution in [-0.2, 0) is 7.05 Å². The number of hydrogen-bond donors (Lipinski definition) is 1. The Bertz CT molecular complexity index is 481. The minimum Gasteiger partial charge on any atom is -0.504 e. The van der Waals surface area contributed by atoms with Gasteiger partial charge in [0, 0.05) is 20.2 Å². The lowest BCUT2D eigenvalue weighted by molar-refractivity contribution is 0.101. The second-order valence-electron chi connectivity index (χ2n) is 2.98. The van der Waals surface area contributed by atoms with Gasteiger partial charge in [-0.3, -0.25) is 4.79 Å². The lowest BCUT2D eigenvalue weighted by atomic mass is 10.3. The van der Waals surface area contributed by atoms with Crippen LogP contribution in [0.4, 0.5) is 0 Å². The first-order valence-corrected chi connectivity index (χ1v) is 4.70. The predicted molar refractivity (Wildman–Crippen MR) is 52.5 cm³/mol. The normalized spacial score (nSPS) is 10.9. The number of carbonyl (C=O) groups is 1. The Hall–Kier alpha value is -1.29. The minimum absolute atomic E-state index is 0.0845. The van der Waals surface area contributed by atoms with Crippen molar-refractivity contribution in [2.75, 3.05) is 0 Å². The van der Waals surface area contributed by atoms with E-state index in [1.165, 1.54) is 18.3 Å². The van der Waals surface area contributed by atoms with E-state index in [0.29, 0.717) is 4.88 Å². The van der Waals surface area contributed by atoms with Crippen LogP contribution in [-0.4, -0.2) is 15.5 Å². The monoisotopic (exact) mass is 195 g/mol. The maximum Gasteiger partial charge on any atom is 0.173 e. The molecule has 0 aliphatic rings. The Balaban J connectivity index is 2.82. The van der Waals surface area contributed by atoms with Gasteiger partial charge in [0.1, 0.15) is 10.4 Å². The van der Waals surface area contributed by atoms with Crippen LogP contribution < -0.4 is 0 Å². The molecule has 0 bridgehead atoms. The highest BCUT2D eigenvalue weighted by Crippen LogP contribution is 2.37. The van der Waals surface area contributed by atoms with Crippen molar-refractivity contribution in [3.8, 4) is 5.75 Å². The lowest BCUT2D eigenvalue weighted by Crippen LogP contribution is -1.88. The number of rotatable bonds is 1. The number of Topliss-reactive ketones (excluding diaryl/α,β-unsaturated/α-hetero) is 1. The van der Waals surface area contributed by atoms with Gasteiger partial charge in [0.2, 0.25) is 0 Å². The molecule has 0 spiro atoms. The first-order valence-electron chi connectivity index (χ1n) is 3.89. The maximum atomic E-state index is 11.1. The standard InChI is InChI=1S/C9H9NO2S/c1-5(11)9-8(12)7-6(13-9)3-4-10(7)2/h3-4,12H,1-2H3. The van der Waals surface area contributed by atoms with Gasteiger partial charge in [-0.15, -0.1) is 11.3 Å². The van der Waals surface area contributed by atoms with Gasteiger partial charge in [0.15, 0.2) is 11.5 Å². The molecule has 3 nitrogen and oxygen atoms in total. The van der Waals surface area contributed by atoms with Crippen LogP contribution in [0.15, 0.2) is 12.3 Å². The average Bonchev–Trinajstić information content (AvgIpc) is 2.55. The molecule has 1 N–H and O–H groups in total. The van der Waals surface area contributed by atoms with Crippen molar-refractivity contribution in [1.82, 2.24) is 4.57 Å². The second-order valence-corrected chi connectivity index (χ2v) is 4.03. The molecule has 68 valence electrons.